The highest BCUT2D eigenvalue weighted by molar-refractivity contribution is 7.91. The van der Waals surface area contributed by atoms with Gasteiger partial charge in [0.05, 0.1) is 29.2 Å². The zero-order valence-corrected chi connectivity index (χ0v) is 12.1. The number of nitro benzene ring substituents is 1. The van der Waals surface area contributed by atoms with Crippen molar-refractivity contribution >= 4 is 26.6 Å². The summed E-state index contributed by atoms with van der Waals surface area (Å²) < 4.78 is 27.4. The minimum atomic E-state index is -3.87. The second-order valence-electron chi connectivity index (χ2n) is 4.26. The molecule has 118 valence electrons. The number of H-pyrrole nitrogens is 1. The lowest BCUT2D eigenvalue weighted by Gasteiger charge is -2.08. The molecule has 0 fully saturated rings. The van der Waals surface area contributed by atoms with Crippen LogP contribution in [0.3, 0.4) is 0 Å². The molecule has 1 aromatic heterocycles. The van der Waals surface area contributed by atoms with E-state index in [-0.39, 0.29) is 21.3 Å². The third kappa shape index (κ3) is 2.76. The van der Waals surface area contributed by atoms with Gasteiger partial charge in [0.15, 0.2) is 5.75 Å². The van der Waals surface area contributed by atoms with Crippen LogP contribution >= 0.6 is 0 Å². The Balaban J connectivity index is 2.87. The topological polar surface area (TPSA) is 153 Å². The first-order valence-corrected chi connectivity index (χ1v) is 7.52. The van der Waals surface area contributed by atoms with Crippen molar-refractivity contribution in [2.45, 2.75) is 0 Å². The fourth-order valence-corrected chi connectivity index (χ4v) is 2.28. The van der Waals surface area contributed by atoms with Gasteiger partial charge in [0.25, 0.3) is 5.56 Å². The van der Waals surface area contributed by atoms with Crippen molar-refractivity contribution in [1.82, 2.24) is 9.66 Å². The average Bonchev–Trinajstić information content (AvgIpc) is 2.41. The Labute approximate surface area is 122 Å². The summed E-state index contributed by atoms with van der Waals surface area (Å²) >= 11 is 0. The Morgan fingerprint density at radius 1 is 1.36 bits per heavy atom. The van der Waals surface area contributed by atoms with Crippen LogP contribution < -0.4 is 20.8 Å². The standard InChI is InChI=1S/C10H10N4O7S/c1-21-8-3-5-6(4-7(8)14(17)18)11-10(16)13(9(5)15)12-22(2,19)20/h3-4,12H,1-2H3,(H,11,16). The Kier molecular flexibility index (Phi) is 3.62. The summed E-state index contributed by atoms with van der Waals surface area (Å²) in [6.07, 6.45) is 0.763. The molecule has 0 spiro atoms. The number of hydrogen-bond acceptors (Lipinski definition) is 7. The molecule has 2 rings (SSSR count). The number of hydrogen-bond donors (Lipinski definition) is 2. The SMILES string of the molecule is COc1cc2c(=O)n(NS(C)(=O)=O)c(=O)[nH]c2cc1[N+](=O)[O-]. The van der Waals surface area contributed by atoms with E-state index in [4.69, 9.17) is 4.74 Å². The second-order valence-corrected chi connectivity index (χ2v) is 5.99. The monoisotopic (exact) mass is 330 g/mol. The molecule has 0 atom stereocenters. The molecule has 0 bridgehead atoms. The summed E-state index contributed by atoms with van der Waals surface area (Å²) in [7, 11) is -2.70. The summed E-state index contributed by atoms with van der Waals surface area (Å²) in [5, 5.41) is 10.8. The number of aromatic amines is 1. The zero-order chi connectivity index (χ0) is 16.7. The summed E-state index contributed by atoms with van der Waals surface area (Å²) in [6.45, 7) is 0. The van der Waals surface area contributed by atoms with Crippen molar-refractivity contribution in [2.75, 3.05) is 18.2 Å². The van der Waals surface area contributed by atoms with Crippen LogP contribution in [-0.4, -0.2) is 36.4 Å². The van der Waals surface area contributed by atoms with Gasteiger partial charge in [-0.3, -0.25) is 14.9 Å². The largest absolute Gasteiger partial charge is 0.490 e. The molecule has 0 saturated heterocycles. The molecule has 0 radical (unpaired) electrons. The van der Waals surface area contributed by atoms with Gasteiger partial charge in [-0.1, -0.05) is 0 Å². The van der Waals surface area contributed by atoms with Crippen LogP contribution in [0.2, 0.25) is 0 Å². The van der Waals surface area contributed by atoms with Crippen LogP contribution in [0, 0.1) is 10.1 Å². The molecule has 0 unspecified atom stereocenters. The molecule has 1 heterocycles. The predicted octanol–water partition coefficient (Wildman–Crippen LogP) is -0.890. The molecule has 22 heavy (non-hydrogen) atoms. The van der Waals surface area contributed by atoms with Gasteiger partial charge in [-0.05, 0) is 0 Å². The minimum absolute atomic E-state index is 0.117. The van der Waals surface area contributed by atoms with Crippen molar-refractivity contribution in [3.63, 3.8) is 0 Å². The summed E-state index contributed by atoms with van der Waals surface area (Å²) in [5.74, 6) is -0.201. The van der Waals surface area contributed by atoms with Crippen LogP contribution in [-0.2, 0) is 10.0 Å². The molecule has 0 aliphatic rings. The molecule has 0 aliphatic heterocycles. The van der Waals surface area contributed by atoms with Gasteiger partial charge in [0.2, 0.25) is 10.0 Å². The fraction of sp³-hybridized carbons (Fsp3) is 0.200. The number of nitrogens with zero attached hydrogens (tertiary/aromatic N) is 2. The van der Waals surface area contributed by atoms with Gasteiger partial charge in [-0.2, -0.15) is 4.68 Å². The van der Waals surface area contributed by atoms with Gasteiger partial charge in [-0.15, -0.1) is 0 Å². The van der Waals surface area contributed by atoms with E-state index in [0.29, 0.717) is 0 Å². The van der Waals surface area contributed by atoms with E-state index in [1.807, 2.05) is 0 Å². The molecule has 0 amide bonds. The van der Waals surface area contributed by atoms with Gasteiger partial charge in [0.1, 0.15) is 0 Å². The second kappa shape index (κ2) is 5.14. The highest BCUT2D eigenvalue weighted by atomic mass is 32.2. The van der Waals surface area contributed by atoms with Crippen molar-refractivity contribution in [2.24, 2.45) is 0 Å². The molecular weight excluding hydrogens is 320 g/mol. The quantitative estimate of drug-likeness (QED) is 0.544. The summed E-state index contributed by atoms with van der Waals surface area (Å²) in [6, 6.07) is 2.01. The number of nitrogens with one attached hydrogen (secondary N) is 2. The maximum absolute atomic E-state index is 12.2. The van der Waals surface area contributed by atoms with Crippen molar-refractivity contribution in [1.29, 1.82) is 0 Å². The summed E-state index contributed by atoms with van der Waals surface area (Å²) in [4.78, 5) is 38.0. The van der Waals surface area contributed by atoms with E-state index >= 15 is 0 Å². The Morgan fingerprint density at radius 2 is 2.00 bits per heavy atom. The Hall–Kier alpha value is -2.89. The van der Waals surface area contributed by atoms with Crippen molar-refractivity contribution < 1.29 is 18.1 Å². The van der Waals surface area contributed by atoms with E-state index in [9.17, 15) is 28.1 Å². The van der Waals surface area contributed by atoms with Crippen LogP contribution in [0.4, 0.5) is 5.69 Å². The van der Waals surface area contributed by atoms with Gasteiger partial charge in [-0.25, -0.2) is 18.0 Å². The van der Waals surface area contributed by atoms with Crippen LogP contribution in [0.15, 0.2) is 21.7 Å². The molecule has 12 heteroatoms. The highest BCUT2D eigenvalue weighted by Crippen LogP contribution is 2.29. The number of nitro groups is 1. The van der Waals surface area contributed by atoms with Gasteiger partial charge < -0.3 is 9.72 Å². The van der Waals surface area contributed by atoms with Crippen LogP contribution in [0.1, 0.15) is 0 Å². The lowest BCUT2D eigenvalue weighted by molar-refractivity contribution is -0.385. The van der Waals surface area contributed by atoms with Crippen LogP contribution in [0.25, 0.3) is 10.9 Å². The van der Waals surface area contributed by atoms with E-state index < -0.39 is 31.9 Å². The molecule has 11 nitrogen and oxygen atoms in total. The number of aromatic nitrogens is 2. The molecular formula is C10H10N4O7S. The predicted molar refractivity (Wildman–Crippen MR) is 76.2 cm³/mol. The smallest absolute Gasteiger partial charge is 0.348 e. The number of methoxy groups -OCH3 is 1. The maximum Gasteiger partial charge on any atom is 0.348 e. The lowest BCUT2D eigenvalue weighted by atomic mass is 10.2. The van der Waals surface area contributed by atoms with Crippen LogP contribution in [0.5, 0.6) is 5.75 Å². The molecule has 0 aliphatic carbocycles. The van der Waals surface area contributed by atoms with E-state index in [2.05, 4.69) is 4.98 Å². The third-order valence-electron chi connectivity index (χ3n) is 2.65. The fourth-order valence-electron chi connectivity index (χ4n) is 1.79. The van der Waals surface area contributed by atoms with Crippen molar-refractivity contribution in [3.05, 3.63) is 43.1 Å². The minimum Gasteiger partial charge on any atom is -0.490 e. The van der Waals surface area contributed by atoms with Gasteiger partial charge in [0, 0.05) is 12.1 Å². The molecule has 0 saturated carbocycles. The third-order valence-corrected chi connectivity index (χ3v) is 3.17. The highest BCUT2D eigenvalue weighted by Gasteiger charge is 2.19. The maximum atomic E-state index is 12.2. The zero-order valence-electron chi connectivity index (χ0n) is 11.3. The van der Waals surface area contributed by atoms with E-state index in [1.165, 1.54) is 7.11 Å². The number of fused-ring (bicyclic) bond motifs is 1. The number of sulfonamides is 1. The Morgan fingerprint density at radius 3 is 2.50 bits per heavy atom. The number of benzene rings is 1. The first-order valence-electron chi connectivity index (χ1n) is 5.63. The average molecular weight is 330 g/mol. The van der Waals surface area contributed by atoms with E-state index in [0.717, 1.165) is 18.4 Å². The lowest BCUT2D eigenvalue weighted by Crippen LogP contribution is -2.43. The van der Waals surface area contributed by atoms with Crippen molar-refractivity contribution in [3.8, 4) is 5.75 Å². The number of rotatable bonds is 4. The van der Waals surface area contributed by atoms with Gasteiger partial charge >= 0.3 is 11.4 Å². The normalized spacial score (nSPS) is 11.4. The first kappa shape index (κ1) is 15.5. The molecule has 2 N–H and O–H groups in total. The first-order chi connectivity index (χ1) is 10.1. The number of ether oxygens (including phenoxy) is 1. The molecule has 2 aromatic rings. The summed E-state index contributed by atoms with van der Waals surface area (Å²) in [5.41, 5.74) is -2.63. The Bertz CT molecular complexity index is 989. The molecule has 1 aromatic carbocycles. The van der Waals surface area contributed by atoms with E-state index in [1.54, 1.807) is 4.83 Å².